The maximum absolute atomic E-state index is 13.6. The molecule has 0 saturated heterocycles. The summed E-state index contributed by atoms with van der Waals surface area (Å²) >= 11 is 4.80. The number of thiophene rings is 1. The van der Waals surface area contributed by atoms with Crippen LogP contribution in [0.15, 0.2) is 34.1 Å². The number of hydrogen-bond acceptors (Lipinski definition) is 2. The van der Waals surface area contributed by atoms with Crippen molar-refractivity contribution in [3.8, 4) is 10.4 Å². The molecule has 0 atom stereocenters. The normalized spacial score (nSPS) is 10.3. The summed E-state index contributed by atoms with van der Waals surface area (Å²) in [6.45, 7) is 0. The Labute approximate surface area is 98.7 Å². The molecule has 76 valence electrons. The van der Waals surface area contributed by atoms with E-state index < -0.39 is 0 Å². The summed E-state index contributed by atoms with van der Waals surface area (Å²) in [4.78, 5) is 11.3. The fourth-order valence-electron chi connectivity index (χ4n) is 1.27. The Morgan fingerprint density at radius 3 is 2.67 bits per heavy atom. The van der Waals surface area contributed by atoms with Crippen LogP contribution in [0, 0.1) is 5.82 Å². The van der Waals surface area contributed by atoms with Crippen molar-refractivity contribution in [1.29, 1.82) is 0 Å². The Morgan fingerprint density at radius 2 is 2.13 bits per heavy atom. The van der Waals surface area contributed by atoms with E-state index in [0.717, 1.165) is 9.35 Å². The van der Waals surface area contributed by atoms with Crippen molar-refractivity contribution in [2.75, 3.05) is 0 Å². The van der Waals surface area contributed by atoms with Gasteiger partial charge in [0.25, 0.3) is 0 Å². The van der Waals surface area contributed by atoms with E-state index in [4.69, 9.17) is 0 Å². The predicted octanol–water partition coefficient (Wildman–Crippen LogP) is 4.13. The van der Waals surface area contributed by atoms with Crippen molar-refractivity contribution in [1.82, 2.24) is 0 Å². The van der Waals surface area contributed by atoms with E-state index in [1.165, 1.54) is 17.4 Å². The quantitative estimate of drug-likeness (QED) is 0.758. The van der Waals surface area contributed by atoms with E-state index in [1.807, 2.05) is 11.4 Å². The highest BCUT2D eigenvalue weighted by Gasteiger charge is 2.10. The van der Waals surface area contributed by atoms with Crippen molar-refractivity contribution in [3.05, 3.63) is 45.5 Å². The van der Waals surface area contributed by atoms with Crippen molar-refractivity contribution < 1.29 is 9.18 Å². The van der Waals surface area contributed by atoms with Crippen LogP contribution in [0.5, 0.6) is 0 Å². The van der Waals surface area contributed by atoms with Gasteiger partial charge >= 0.3 is 0 Å². The van der Waals surface area contributed by atoms with Crippen LogP contribution in [0.1, 0.15) is 10.4 Å². The molecule has 1 heterocycles. The van der Waals surface area contributed by atoms with Crippen LogP contribution >= 0.6 is 27.3 Å². The van der Waals surface area contributed by atoms with Gasteiger partial charge in [0.2, 0.25) is 0 Å². The van der Waals surface area contributed by atoms with Gasteiger partial charge in [-0.3, -0.25) is 4.79 Å². The molecule has 0 amide bonds. The minimum absolute atomic E-state index is 0.351. The molecular weight excluding hydrogens is 279 g/mol. The van der Waals surface area contributed by atoms with Crippen molar-refractivity contribution in [2.24, 2.45) is 0 Å². The molecule has 0 bridgehead atoms. The van der Waals surface area contributed by atoms with Gasteiger partial charge in [-0.25, -0.2) is 4.39 Å². The number of halogens is 2. The first-order chi connectivity index (χ1) is 7.22. The third kappa shape index (κ3) is 2.01. The number of carbonyl (C=O) groups excluding carboxylic acids is 1. The lowest BCUT2D eigenvalue weighted by molar-refractivity contribution is 0.112. The molecule has 0 aliphatic heterocycles. The lowest BCUT2D eigenvalue weighted by Gasteiger charge is -2.01. The number of benzene rings is 1. The third-order valence-corrected chi connectivity index (χ3v) is 3.86. The fourth-order valence-corrected chi connectivity index (χ4v) is 2.89. The van der Waals surface area contributed by atoms with E-state index in [2.05, 4.69) is 15.9 Å². The van der Waals surface area contributed by atoms with E-state index in [9.17, 15) is 9.18 Å². The Morgan fingerprint density at radius 1 is 1.33 bits per heavy atom. The Hall–Kier alpha value is -1.000. The van der Waals surface area contributed by atoms with Crippen LogP contribution in [0.25, 0.3) is 10.4 Å². The second-order valence-corrected chi connectivity index (χ2v) is 4.73. The van der Waals surface area contributed by atoms with E-state index in [0.29, 0.717) is 17.4 Å². The molecule has 2 aromatic rings. The zero-order chi connectivity index (χ0) is 10.8. The van der Waals surface area contributed by atoms with Crippen molar-refractivity contribution in [3.63, 3.8) is 0 Å². The molecule has 15 heavy (non-hydrogen) atoms. The van der Waals surface area contributed by atoms with Crippen LogP contribution in [0.3, 0.4) is 0 Å². The van der Waals surface area contributed by atoms with Gasteiger partial charge in [0.05, 0.1) is 4.88 Å². The van der Waals surface area contributed by atoms with Gasteiger partial charge in [0.1, 0.15) is 12.1 Å². The molecule has 1 aromatic heterocycles. The molecule has 2 rings (SSSR count). The molecule has 0 aliphatic rings. The topological polar surface area (TPSA) is 17.1 Å². The third-order valence-electron chi connectivity index (χ3n) is 1.99. The summed E-state index contributed by atoms with van der Waals surface area (Å²) < 4.78 is 14.5. The monoisotopic (exact) mass is 284 g/mol. The smallest absolute Gasteiger partial charge is 0.150 e. The zero-order valence-corrected chi connectivity index (χ0v) is 9.94. The summed E-state index contributed by atoms with van der Waals surface area (Å²) in [5, 5.41) is 1.88. The van der Waals surface area contributed by atoms with Crippen molar-refractivity contribution >= 4 is 33.6 Å². The van der Waals surface area contributed by atoms with E-state index in [1.54, 1.807) is 12.1 Å². The molecule has 0 N–H and O–H groups in total. The average Bonchev–Trinajstić information content (AvgIpc) is 2.64. The number of hydrogen-bond donors (Lipinski definition) is 0. The average molecular weight is 285 g/mol. The maximum Gasteiger partial charge on any atom is 0.150 e. The summed E-state index contributed by atoms with van der Waals surface area (Å²) in [5.74, 6) is -0.372. The minimum Gasteiger partial charge on any atom is -0.298 e. The van der Waals surface area contributed by atoms with Gasteiger partial charge in [-0.05, 0) is 39.5 Å². The molecule has 1 aromatic carbocycles. The van der Waals surface area contributed by atoms with Gasteiger partial charge in [0.15, 0.2) is 0 Å². The van der Waals surface area contributed by atoms with Crippen molar-refractivity contribution in [2.45, 2.75) is 0 Å². The van der Waals surface area contributed by atoms with Crippen LogP contribution in [0.2, 0.25) is 0 Å². The van der Waals surface area contributed by atoms with Gasteiger partial charge in [-0.1, -0.05) is 6.07 Å². The Balaban J connectivity index is 2.55. The summed E-state index contributed by atoms with van der Waals surface area (Å²) in [6.07, 6.45) is 0.635. The fraction of sp³-hybridized carbons (Fsp3) is 0. The van der Waals surface area contributed by atoms with Gasteiger partial charge in [-0.15, -0.1) is 11.3 Å². The zero-order valence-electron chi connectivity index (χ0n) is 7.54. The number of carbonyl (C=O) groups is 1. The van der Waals surface area contributed by atoms with Gasteiger partial charge in [-0.2, -0.15) is 0 Å². The lowest BCUT2D eigenvalue weighted by atomic mass is 10.1. The second kappa shape index (κ2) is 4.24. The molecule has 0 fully saturated rings. The highest BCUT2D eigenvalue weighted by Crippen LogP contribution is 2.35. The first kappa shape index (κ1) is 10.5. The summed E-state index contributed by atoms with van der Waals surface area (Å²) in [6, 6.07) is 6.34. The molecule has 0 saturated carbocycles. The maximum atomic E-state index is 13.6. The predicted molar refractivity (Wildman–Crippen MR) is 62.8 cm³/mol. The van der Waals surface area contributed by atoms with Gasteiger partial charge < -0.3 is 0 Å². The van der Waals surface area contributed by atoms with Gasteiger partial charge in [0, 0.05) is 15.6 Å². The molecule has 0 aliphatic carbocycles. The molecule has 0 spiro atoms. The van der Waals surface area contributed by atoms with Crippen LogP contribution < -0.4 is 0 Å². The van der Waals surface area contributed by atoms with Crippen LogP contribution in [-0.2, 0) is 0 Å². The van der Waals surface area contributed by atoms with Crippen LogP contribution in [-0.4, -0.2) is 6.29 Å². The second-order valence-electron chi connectivity index (χ2n) is 2.95. The first-order valence-electron chi connectivity index (χ1n) is 4.20. The molecule has 1 nitrogen and oxygen atoms in total. The van der Waals surface area contributed by atoms with Crippen LogP contribution in [0.4, 0.5) is 4.39 Å². The highest BCUT2D eigenvalue weighted by molar-refractivity contribution is 9.10. The lowest BCUT2D eigenvalue weighted by Crippen LogP contribution is -1.86. The highest BCUT2D eigenvalue weighted by atomic mass is 79.9. The van der Waals surface area contributed by atoms with E-state index in [-0.39, 0.29) is 5.82 Å². The molecule has 4 heteroatoms. The minimum atomic E-state index is -0.372. The molecule has 0 unspecified atom stereocenters. The number of aldehydes is 1. The summed E-state index contributed by atoms with van der Waals surface area (Å²) in [7, 11) is 0. The molecular formula is C11H6BrFOS. The SMILES string of the molecule is O=Cc1ccc(-c2sccc2Br)c(F)c1. The Kier molecular flexibility index (Phi) is 2.98. The summed E-state index contributed by atoms with van der Waals surface area (Å²) in [5.41, 5.74) is 0.867. The van der Waals surface area contributed by atoms with E-state index >= 15 is 0 Å². The Bertz CT molecular complexity index is 507. The largest absolute Gasteiger partial charge is 0.298 e. The first-order valence-corrected chi connectivity index (χ1v) is 5.87. The standard InChI is InChI=1S/C11H6BrFOS/c12-9-3-4-15-11(9)8-2-1-7(6-14)5-10(8)13/h1-6H. The number of rotatable bonds is 2. The molecule has 0 radical (unpaired) electrons.